The molecule has 0 aliphatic heterocycles. The van der Waals surface area contributed by atoms with Gasteiger partial charge in [0.1, 0.15) is 0 Å². The van der Waals surface area contributed by atoms with Crippen molar-refractivity contribution >= 4 is 0 Å². The Kier molecular flexibility index (Phi) is 24.1. The van der Waals surface area contributed by atoms with E-state index in [0.717, 1.165) is 25.7 Å². The summed E-state index contributed by atoms with van der Waals surface area (Å²) < 4.78 is 0. The largest absolute Gasteiger partial charge is 0.393 e. The van der Waals surface area contributed by atoms with Gasteiger partial charge in [-0.3, -0.25) is 0 Å². The lowest BCUT2D eigenvalue weighted by atomic mass is 10.00. The molecule has 0 amide bonds. The third-order valence-electron chi connectivity index (χ3n) is 6.33. The molecule has 0 radical (unpaired) electrons. The van der Waals surface area contributed by atoms with Crippen LogP contribution in [0.4, 0.5) is 0 Å². The Morgan fingerprint density at radius 3 is 0.966 bits per heavy atom. The molecule has 0 aliphatic carbocycles. The molecule has 0 aromatic carbocycles. The van der Waals surface area contributed by atoms with Crippen molar-refractivity contribution in [2.75, 3.05) is 0 Å². The third-order valence-corrected chi connectivity index (χ3v) is 6.33. The summed E-state index contributed by atoms with van der Waals surface area (Å²) in [5, 5.41) is 20.0. The lowest BCUT2D eigenvalue weighted by molar-refractivity contribution is 0.0681. The molecule has 0 aromatic heterocycles. The summed E-state index contributed by atoms with van der Waals surface area (Å²) in [5.41, 5.74) is 0. The maximum absolute atomic E-state index is 10.0. The van der Waals surface area contributed by atoms with Crippen molar-refractivity contribution in [2.24, 2.45) is 0 Å². The summed E-state index contributed by atoms with van der Waals surface area (Å²) >= 11 is 0. The van der Waals surface area contributed by atoms with Gasteiger partial charge in [-0.15, -0.1) is 0 Å². The predicted octanol–water partition coefficient (Wildman–Crippen LogP) is 8.72. The molecular formula is C27H56O2. The van der Waals surface area contributed by atoms with Crippen molar-refractivity contribution in [1.82, 2.24) is 0 Å². The Labute approximate surface area is 184 Å². The van der Waals surface area contributed by atoms with Crippen LogP contribution < -0.4 is 0 Å². The van der Waals surface area contributed by atoms with E-state index in [1.807, 2.05) is 0 Å². The number of hydrogen-bond donors (Lipinski definition) is 2. The molecule has 176 valence electrons. The van der Waals surface area contributed by atoms with Crippen molar-refractivity contribution in [3.8, 4) is 0 Å². The van der Waals surface area contributed by atoms with Crippen LogP contribution in [-0.2, 0) is 0 Å². The van der Waals surface area contributed by atoms with Gasteiger partial charge in [-0.05, 0) is 19.3 Å². The first-order valence-electron chi connectivity index (χ1n) is 13.6. The van der Waals surface area contributed by atoms with E-state index < -0.39 is 0 Å². The summed E-state index contributed by atoms with van der Waals surface area (Å²) in [6.07, 6.45) is 28.7. The normalized spacial score (nSPS) is 13.7. The molecule has 0 rings (SSSR count). The Bertz CT molecular complexity index is 292. The van der Waals surface area contributed by atoms with Crippen LogP contribution in [0.15, 0.2) is 0 Å². The molecule has 2 atom stereocenters. The standard InChI is InChI=1S/C27H56O2/c1-3-5-7-8-9-10-11-12-13-14-15-16-17-18-19-20-22-24-27(29)25-26(28)23-21-6-4-2/h26-29H,3-25H2,1-2H3/t26-,27-/m1/s1. The first-order chi connectivity index (χ1) is 14.2. The number of unbranched alkanes of at least 4 members (excludes halogenated alkanes) is 18. The van der Waals surface area contributed by atoms with Crippen LogP contribution in [-0.4, -0.2) is 22.4 Å². The van der Waals surface area contributed by atoms with E-state index in [9.17, 15) is 10.2 Å². The monoisotopic (exact) mass is 412 g/mol. The van der Waals surface area contributed by atoms with Crippen LogP contribution >= 0.6 is 0 Å². The molecule has 29 heavy (non-hydrogen) atoms. The van der Waals surface area contributed by atoms with Crippen LogP contribution in [0.25, 0.3) is 0 Å². The quantitative estimate of drug-likeness (QED) is 0.156. The van der Waals surface area contributed by atoms with Gasteiger partial charge < -0.3 is 10.2 Å². The molecule has 0 saturated carbocycles. The van der Waals surface area contributed by atoms with E-state index in [1.165, 1.54) is 116 Å². The topological polar surface area (TPSA) is 40.5 Å². The van der Waals surface area contributed by atoms with E-state index in [4.69, 9.17) is 0 Å². The zero-order valence-corrected chi connectivity index (χ0v) is 20.3. The lowest BCUT2D eigenvalue weighted by Gasteiger charge is -2.15. The summed E-state index contributed by atoms with van der Waals surface area (Å²) in [6.45, 7) is 4.47. The molecule has 2 nitrogen and oxygen atoms in total. The average Bonchev–Trinajstić information content (AvgIpc) is 2.70. The Morgan fingerprint density at radius 1 is 0.379 bits per heavy atom. The predicted molar refractivity (Wildman–Crippen MR) is 130 cm³/mol. The van der Waals surface area contributed by atoms with E-state index in [1.54, 1.807) is 0 Å². The number of rotatable bonds is 24. The minimum atomic E-state index is -0.303. The molecule has 0 unspecified atom stereocenters. The van der Waals surface area contributed by atoms with Gasteiger partial charge in [-0.2, -0.15) is 0 Å². The van der Waals surface area contributed by atoms with Crippen molar-refractivity contribution in [1.29, 1.82) is 0 Å². The van der Waals surface area contributed by atoms with Crippen molar-refractivity contribution in [2.45, 2.75) is 174 Å². The third kappa shape index (κ3) is 24.1. The lowest BCUT2D eigenvalue weighted by Crippen LogP contribution is -2.17. The molecule has 0 saturated heterocycles. The Hall–Kier alpha value is -0.0800. The second kappa shape index (κ2) is 24.2. The van der Waals surface area contributed by atoms with Crippen LogP contribution in [0.3, 0.4) is 0 Å². The fraction of sp³-hybridized carbons (Fsp3) is 1.00. The number of hydrogen-bond acceptors (Lipinski definition) is 2. The van der Waals surface area contributed by atoms with E-state index >= 15 is 0 Å². The first-order valence-corrected chi connectivity index (χ1v) is 13.6. The summed E-state index contributed by atoms with van der Waals surface area (Å²) in [4.78, 5) is 0. The molecule has 0 aliphatic rings. The van der Waals surface area contributed by atoms with E-state index in [2.05, 4.69) is 13.8 Å². The fourth-order valence-corrected chi connectivity index (χ4v) is 4.28. The van der Waals surface area contributed by atoms with Crippen molar-refractivity contribution in [3.05, 3.63) is 0 Å². The van der Waals surface area contributed by atoms with Gasteiger partial charge in [0, 0.05) is 0 Å². The number of aliphatic hydroxyl groups excluding tert-OH is 2. The van der Waals surface area contributed by atoms with E-state index in [0.29, 0.717) is 6.42 Å². The zero-order valence-electron chi connectivity index (χ0n) is 20.3. The first kappa shape index (κ1) is 28.9. The van der Waals surface area contributed by atoms with Crippen molar-refractivity contribution in [3.63, 3.8) is 0 Å². The molecule has 0 fully saturated rings. The fourth-order valence-electron chi connectivity index (χ4n) is 4.28. The SMILES string of the molecule is CCCCCCCCCCCCCCCCCCC[C@@H](O)C[C@H](O)CCCCC. The minimum absolute atomic E-state index is 0.303. The summed E-state index contributed by atoms with van der Waals surface area (Å²) in [6, 6.07) is 0. The second-order valence-electron chi connectivity index (χ2n) is 9.48. The molecule has 0 heterocycles. The van der Waals surface area contributed by atoms with Gasteiger partial charge in [-0.1, -0.05) is 142 Å². The van der Waals surface area contributed by atoms with Crippen LogP contribution in [0.2, 0.25) is 0 Å². The van der Waals surface area contributed by atoms with Gasteiger partial charge in [0.15, 0.2) is 0 Å². The minimum Gasteiger partial charge on any atom is -0.393 e. The Morgan fingerprint density at radius 2 is 0.621 bits per heavy atom. The molecule has 0 bridgehead atoms. The molecule has 2 N–H and O–H groups in total. The Balaban J connectivity index is 3.18. The van der Waals surface area contributed by atoms with Gasteiger partial charge in [0.2, 0.25) is 0 Å². The van der Waals surface area contributed by atoms with Crippen LogP contribution in [0.1, 0.15) is 162 Å². The van der Waals surface area contributed by atoms with Crippen LogP contribution in [0.5, 0.6) is 0 Å². The maximum atomic E-state index is 10.0. The van der Waals surface area contributed by atoms with Crippen LogP contribution in [0, 0.1) is 0 Å². The number of aliphatic hydroxyl groups is 2. The van der Waals surface area contributed by atoms with Gasteiger partial charge in [0.25, 0.3) is 0 Å². The zero-order chi connectivity index (χ0) is 21.4. The highest BCUT2D eigenvalue weighted by Gasteiger charge is 2.11. The van der Waals surface area contributed by atoms with E-state index in [-0.39, 0.29) is 12.2 Å². The highest BCUT2D eigenvalue weighted by molar-refractivity contribution is 4.64. The highest BCUT2D eigenvalue weighted by atomic mass is 16.3. The smallest absolute Gasteiger partial charge is 0.0564 e. The van der Waals surface area contributed by atoms with Gasteiger partial charge in [0.05, 0.1) is 12.2 Å². The maximum Gasteiger partial charge on any atom is 0.0564 e. The van der Waals surface area contributed by atoms with Gasteiger partial charge in [-0.25, -0.2) is 0 Å². The van der Waals surface area contributed by atoms with Crippen molar-refractivity contribution < 1.29 is 10.2 Å². The summed E-state index contributed by atoms with van der Waals surface area (Å²) in [7, 11) is 0. The molecular weight excluding hydrogens is 356 g/mol. The average molecular weight is 413 g/mol. The molecule has 2 heteroatoms. The molecule has 0 aromatic rings. The highest BCUT2D eigenvalue weighted by Crippen LogP contribution is 2.16. The summed E-state index contributed by atoms with van der Waals surface area (Å²) in [5.74, 6) is 0. The van der Waals surface area contributed by atoms with Gasteiger partial charge >= 0.3 is 0 Å². The molecule has 0 spiro atoms. The second-order valence-corrected chi connectivity index (χ2v) is 9.48.